The Morgan fingerprint density at radius 3 is 2.45 bits per heavy atom. The van der Waals surface area contributed by atoms with Gasteiger partial charge >= 0.3 is 0 Å². The van der Waals surface area contributed by atoms with Crippen molar-refractivity contribution < 1.29 is 4.92 Å². The molecular formula is C15H15BrN2O2. The molecule has 0 aliphatic rings. The van der Waals surface area contributed by atoms with Crippen LogP contribution in [0.4, 0.5) is 11.4 Å². The highest BCUT2D eigenvalue weighted by Gasteiger charge is 2.12. The van der Waals surface area contributed by atoms with Gasteiger partial charge in [-0.25, -0.2) is 0 Å². The Morgan fingerprint density at radius 1 is 1.20 bits per heavy atom. The highest BCUT2D eigenvalue weighted by molar-refractivity contribution is 9.10. The molecule has 0 radical (unpaired) electrons. The average molecular weight is 335 g/mol. The molecule has 2 rings (SSSR count). The molecule has 0 saturated carbocycles. The number of aryl methyl sites for hydroxylation is 2. The van der Waals surface area contributed by atoms with Crippen LogP contribution in [-0.2, 0) is 6.54 Å². The van der Waals surface area contributed by atoms with Gasteiger partial charge < -0.3 is 5.32 Å². The van der Waals surface area contributed by atoms with E-state index in [9.17, 15) is 10.1 Å². The number of nitrogens with zero attached hydrogens (tertiary/aromatic N) is 1. The molecule has 104 valence electrons. The van der Waals surface area contributed by atoms with Crippen LogP contribution < -0.4 is 5.32 Å². The molecule has 0 bridgehead atoms. The van der Waals surface area contributed by atoms with Crippen molar-refractivity contribution >= 4 is 27.3 Å². The second kappa shape index (κ2) is 6.05. The summed E-state index contributed by atoms with van der Waals surface area (Å²) in [7, 11) is 0. The summed E-state index contributed by atoms with van der Waals surface area (Å²) in [5, 5.41) is 14.3. The van der Waals surface area contributed by atoms with E-state index in [2.05, 4.69) is 21.2 Å². The Hall–Kier alpha value is -1.88. The Morgan fingerprint density at radius 2 is 1.85 bits per heavy atom. The van der Waals surface area contributed by atoms with Crippen molar-refractivity contribution in [2.24, 2.45) is 0 Å². The van der Waals surface area contributed by atoms with Crippen LogP contribution in [0.3, 0.4) is 0 Å². The molecule has 2 aromatic rings. The zero-order valence-corrected chi connectivity index (χ0v) is 12.9. The standard InChI is InChI=1S/C15H15BrN2O2/c1-10-4-3-5-11(2)15(10)17-9-12-6-7-13(16)14(8-12)18(19)20/h3-8,17H,9H2,1-2H3. The van der Waals surface area contributed by atoms with Crippen LogP contribution in [0.25, 0.3) is 0 Å². The lowest BCUT2D eigenvalue weighted by atomic mass is 10.1. The maximum Gasteiger partial charge on any atom is 0.283 e. The predicted molar refractivity (Wildman–Crippen MR) is 84.0 cm³/mol. The molecule has 0 unspecified atom stereocenters. The minimum atomic E-state index is -0.382. The van der Waals surface area contributed by atoms with Gasteiger partial charge in [0.05, 0.1) is 9.40 Å². The lowest BCUT2D eigenvalue weighted by Crippen LogP contribution is -2.03. The molecule has 0 aliphatic heterocycles. The van der Waals surface area contributed by atoms with E-state index < -0.39 is 0 Å². The molecule has 2 aromatic carbocycles. The van der Waals surface area contributed by atoms with Crippen LogP contribution >= 0.6 is 15.9 Å². The summed E-state index contributed by atoms with van der Waals surface area (Å²) < 4.78 is 0.498. The molecule has 0 fully saturated rings. The fourth-order valence-corrected chi connectivity index (χ4v) is 2.48. The molecule has 0 heterocycles. The third kappa shape index (κ3) is 3.17. The third-order valence-corrected chi connectivity index (χ3v) is 3.83. The smallest absolute Gasteiger partial charge is 0.283 e. The summed E-state index contributed by atoms with van der Waals surface area (Å²) >= 11 is 3.19. The molecular weight excluding hydrogens is 320 g/mol. The number of para-hydroxylation sites is 1. The molecule has 4 nitrogen and oxygen atoms in total. The molecule has 0 atom stereocenters. The SMILES string of the molecule is Cc1cccc(C)c1NCc1ccc(Br)c([N+](=O)[O-])c1. The zero-order valence-electron chi connectivity index (χ0n) is 11.3. The number of nitrogens with one attached hydrogen (secondary N) is 1. The van der Waals surface area contributed by atoms with Crippen LogP contribution in [0, 0.1) is 24.0 Å². The van der Waals surface area contributed by atoms with E-state index in [0.717, 1.165) is 22.4 Å². The fourth-order valence-electron chi connectivity index (χ4n) is 2.09. The lowest BCUT2D eigenvalue weighted by Gasteiger charge is -2.12. The van der Waals surface area contributed by atoms with Crippen molar-refractivity contribution in [1.82, 2.24) is 0 Å². The summed E-state index contributed by atoms with van der Waals surface area (Å²) in [4.78, 5) is 10.5. The molecule has 0 spiro atoms. The lowest BCUT2D eigenvalue weighted by molar-refractivity contribution is -0.385. The second-order valence-corrected chi connectivity index (χ2v) is 5.52. The van der Waals surface area contributed by atoms with Gasteiger partial charge in [0.2, 0.25) is 0 Å². The monoisotopic (exact) mass is 334 g/mol. The minimum Gasteiger partial charge on any atom is -0.381 e. The molecule has 5 heteroatoms. The Bertz CT molecular complexity index is 636. The van der Waals surface area contributed by atoms with E-state index in [4.69, 9.17) is 0 Å². The van der Waals surface area contributed by atoms with Gasteiger partial charge in [0.15, 0.2) is 0 Å². The first kappa shape index (κ1) is 14.5. The van der Waals surface area contributed by atoms with Crippen LogP contribution in [0.5, 0.6) is 0 Å². The molecule has 0 saturated heterocycles. The number of anilines is 1. The maximum absolute atomic E-state index is 10.9. The summed E-state index contributed by atoms with van der Waals surface area (Å²) in [6.45, 7) is 4.64. The number of rotatable bonds is 4. The van der Waals surface area contributed by atoms with Crippen LogP contribution in [0.2, 0.25) is 0 Å². The fraction of sp³-hybridized carbons (Fsp3) is 0.200. The van der Waals surface area contributed by atoms with Crippen molar-refractivity contribution in [3.05, 3.63) is 67.7 Å². The molecule has 20 heavy (non-hydrogen) atoms. The van der Waals surface area contributed by atoms with E-state index in [1.54, 1.807) is 12.1 Å². The Kier molecular flexibility index (Phi) is 4.39. The first-order chi connectivity index (χ1) is 9.49. The zero-order chi connectivity index (χ0) is 14.7. The van der Waals surface area contributed by atoms with Gasteiger partial charge in [0, 0.05) is 18.3 Å². The summed E-state index contributed by atoms with van der Waals surface area (Å²) in [5.74, 6) is 0. The largest absolute Gasteiger partial charge is 0.381 e. The van der Waals surface area contributed by atoms with Gasteiger partial charge in [-0.15, -0.1) is 0 Å². The normalized spacial score (nSPS) is 10.3. The topological polar surface area (TPSA) is 55.2 Å². The number of nitro groups is 1. The van der Waals surface area contributed by atoms with Crippen molar-refractivity contribution in [3.63, 3.8) is 0 Å². The maximum atomic E-state index is 10.9. The molecule has 1 N–H and O–H groups in total. The van der Waals surface area contributed by atoms with Gasteiger partial charge in [-0.3, -0.25) is 10.1 Å². The number of halogens is 1. The highest BCUT2D eigenvalue weighted by Crippen LogP contribution is 2.26. The second-order valence-electron chi connectivity index (χ2n) is 4.66. The molecule has 0 amide bonds. The quantitative estimate of drug-likeness (QED) is 0.657. The van der Waals surface area contributed by atoms with Gasteiger partial charge in [0.25, 0.3) is 5.69 Å². The van der Waals surface area contributed by atoms with Crippen LogP contribution in [0.1, 0.15) is 16.7 Å². The van der Waals surface area contributed by atoms with E-state index in [-0.39, 0.29) is 10.6 Å². The van der Waals surface area contributed by atoms with Gasteiger partial charge in [-0.05, 0) is 52.5 Å². The van der Waals surface area contributed by atoms with Crippen molar-refractivity contribution in [3.8, 4) is 0 Å². The van der Waals surface area contributed by atoms with Crippen LogP contribution in [0.15, 0.2) is 40.9 Å². The number of hydrogen-bond acceptors (Lipinski definition) is 3. The number of benzene rings is 2. The Balaban J connectivity index is 2.19. The number of hydrogen-bond donors (Lipinski definition) is 1. The first-order valence-corrected chi connectivity index (χ1v) is 7.01. The molecule has 0 aromatic heterocycles. The highest BCUT2D eigenvalue weighted by atomic mass is 79.9. The van der Waals surface area contributed by atoms with Gasteiger partial charge in [-0.1, -0.05) is 24.3 Å². The van der Waals surface area contributed by atoms with E-state index in [0.29, 0.717) is 11.0 Å². The van der Waals surface area contributed by atoms with Crippen LogP contribution in [-0.4, -0.2) is 4.92 Å². The first-order valence-electron chi connectivity index (χ1n) is 6.22. The van der Waals surface area contributed by atoms with E-state index in [1.165, 1.54) is 0 Å². The summed E-state index contributed by atoms with van der Waals surface area (Å²) in [6, 6.07) is 11.3. The van der Waals surface area contributed by atoms with Gasteiger partial charge in [-0.2, -0.15) is 0 Å². The predicted octanol–water partition coefficient (Wildman–Crippen LogP) is 4.59. The van der Waals surface area contributed by atoms with E-state index >= 15 is 0 Å². The summed E-state index contributed by atoms with van der Waals surface area (Å²) in [5.41, 5.74) is 4.37. The Labute approximate surface area is 126 Å². The average Bonchev–Trinajstić information content (AvgIpc) is 2.39. The molecule has 0 aliphatic carbocycles. The van der Waals surface area contributed by atoms with Crippen molar-refractivity contribution in [2.75, 3.05) is 5.32 Å². The number of nitro benzene ring substituents is 1. The van der Waals surface area contributed by atoms with E-state index in [1.807, 2.05) is 38.1 Å². The summed E-state index contributed by atoms with van der Waals surface area (Å²) in [6.07, 6.45) is 0. The van der Waals surface area contributed by atoms with Crippen molar-refractivity contribution in [1.29, 1.82) is 0 Å². The minimum absolute atomic E-state index is 0.0887. The third-order valence-electron chi connectivity index (χ3n) is 3.16. The van der Waals surface area contributed by atoms with Crippen molar-refractivity contribution in [2.45, 2.75) is 20.4 Å². The van der Waals surface area contributed by atoms with Gasteiger partial charge in [0.1, 0.15) is 0 Å².